The van der Waals surface area contributed by atoms with Gasteiger partial charge in [0.2, 0.25) is 0 Å². The Bertz CT molecular complexity index is 256. The van der Waals surface area contributed by atoms with Crippen LogP contribution in [-0.2, 0) is 28.5 Å². The molecule has 19 heavy (non-hydrogen) atoms. The number of hydrogen-bond acceptors (Lipinski definition) is 6. The van der Waals surface area contributed by atoms with Crippen LogP contribution in [0.25, 0.3) is 0 Å². The quantitative estimate of drug-likeness (QED) is 0.413. The van der Waals surface area contributed by atoms with Gasteiger partial charge in [-0.2, -0.15) is 0 Å². The van der Waals surface area contributed by atoms with Crippen LogP contribution in [0, 0.1) is 0 Å². The predicted molar refractivity (Wildman–Crippen MR) is 68.9 cm³/mol. The molecular formula is C13H24O6. The Morgan fingerprint density at radius 2 is 1.79 bits per heavy atom. The van der Waals surface area contributed by atoms with Gasteiger partial charge in [0, 0.05) is 33.2 Å². The second-order valence-corrected chi connectivity index (χ2v) is 3.89. The summed E-state index contributed by atoms with van der Waals surface area (Å²) in [6, 6.07) is 0. The fraction of sp³-hybridized carbons (Fsp3) is 0.846. The number of esters is 1. The maximum Gasteiger partial charge on any atom is 0.337 e. The van der Waals surface area contributed by atoms with Crippen LogP contribution in [-0.4, -0.2) is 58.0 Å². The average Bonchev–Trinajstić information content (AvgIpc) is 2.40. The monoisotopic (exact) mass is 276 g/mol. The highest BCUT2D eigenvalue weighted by atomic mass is 16.6. The van der Waals surface area contributed by atoms with Crippen LogP contribution in [0.5, 0.6) is 0 Å². The lowest BCUT2D eigenvalue weighted by molar-refractivity contribution is -0.164. The summed E-state index contributed by atoms with van der Waals surface area (Å²) < 4.78 is 20.8. The van der Waals surface area contributed by atoms with Crippen molar-refractivity contribution in [1.29, 1.82) is 0 Å². The first kappa shape index (κ1) is 18.0. The lowest BCUT2D eigenvalue weighted by Gasteiger charge is -2.27. The summed E-state index contributed by atoms with van der Waals surface area (Å²) in [5, 5.41) is 0. The predicted octanol–water partition coefficient (Wildman–Crippen LogP) is 0.964. The Morgan fingerprint density at radius 1 is 1.16 bits per heavy atom. The molecule has 0 radical (unpaired) electrons. The van der Waals surface area contributed by atoms with Crippen molar-refractivity contribution in [3.8, 4) is 0 Å². The Morgan fingerprint density at radius 3 is 2.21 bits per heavy atom. The van der Waals surface area contributed by atoms with Gasteiger partial charge in [-0.3, -0.25) is 0 Å². The maximum absolute atomic E-state index is 11.6. The highest BCUT2D eigenvalue weighted by Gasteiger charge is 2.32. The molecule has 0 aliphatic heterocycles. The highest BCUT2D eigenvalue weighted by Crippen LogP contribution is 2.16. The van der Waals surface area contributed by atoms with E-state index in [1.54, 1.807) is 0 Å². The van der Waals surface area contributed by atoms with Crippen LogP contribution in [0.3, 0.4) is 0 Å². The Kier molecular flexibility index (Phi) is 10.3. The second kappa shape index (κ2) is 10.9. The molecule has 0 aliphatic carbocycles. The van der Waals surface area contributed by atoms with Gasteiger partial charge < -0.3 is 23.7 Å². The number of carbonyl (C=O) groups is 2. The average molecular weight is 276 g/mol. The SMILES string of the molecule is CCOC(CC=O)CC(OCC)C(OC)C(=O)OC. The first-order valence-electron chi connectivity index (χ1n) is 6.41. The van der Waals surface area contributed by atoms with Gasteiger partial charge in [0.05, 0.1) is 19.3 Å². The minimum absolute atomic E-state index is 0.259. The number of ether oxygens (including phenoxy) is 4. The molecule has 3 atom stereocenters. The van der Waals surface area contributed by atoms with Crippen molar-refractivity contribution in [3.05, 3.63) is 0 Å². The third-order valence-electron chi connectivity index (χ3n) is 2.66. The molecule has 0 spiro atoms. The van der Waals surface area contributed by atoms with E-state index in [0.717, 1.165) is 6.29 Å². The third-order valence-corrected chi connectivity index (χ3v) is 2.66. The number of hydrogen-bond donors (Lipinski definition) is 0. The zero-order valence-corrected chi connectivity index (χ0v) is 12.1. The van der Waals surface area contributed by atoms with Gasteiger partial charge in [-0.25, -0.2) is 4.79 Å². The lowest BCUT2D eigenvalue weighted by atomic mass is 10.0. The van der Waals surface area contributed by atoms with Crippen LogP contribution in [0.1, 0.15) is 26.7 Å². The van der Waals surface area contributed by atoms with Crippen LogP contribution < -0.4 is 0 Å². The summed E-state index contributed by atoms with van der Waals surface area (Å²) in [5.41, 5.74) is 0. The van der Waals surface area contributed by atoms with Crippen LogP contribution in [0.2, 0.25) is 0 Å². The fourth-order valence-electron chi connectivity index (χ4n) is 1.84. The standard InChI is InChI=1S/C13H24O6/c1-5-18-10(7-8-14)9-11(19-6-2)12(16-3)13(15)17-4/h8,10-12H,5-7,9H2,1-4H3. The molecule has 0 rings (SSSR count). The van der Waals surface area contributed by atoms with Gasteiger partial charge in [-0.1, -0.05) is 0 Å². The summed E-state index contributed by atoms with van der Waals surface area (Å²) in [4.78, 5) is 22.2. The van der Waals surface area contributed by atoms with Gasteiger partial charge in [0.15, 0.2) is 6.10 Å². The van der Waals surface area contributed by atoms with Gasteiger partial charge in [-0.15, -0.1) is 0 Å². The number of carbonyl (C=O) groups excluding carboxylic acids is 2. The summed E-state index contributed by atoms with van der Waals surface area (Å²) in [5.74, 6) is -0.498. The largest absolute Gasteiger partial charge is 0.467 e. The van der Waals surface area contributed by atoms with Crippen molar-refractivity contribution in [2.45, 2.75) is 45.0 Å². The molecule has 0 N–H and O–H groups in total. The molecule has 0 heterocycles. The van der Waals surface area contributed by atoms with E-state index in [4.69, 9.17) is 14.2 Å². The Balaban J connectivity index is 4.74. The van der Waals surface area contributed by atoms with E-state index in [0.29, 0.717) is 19.6 Å². The van der Waals surface area contributed by atoms with E-state index in [2.05, 4.69) is 4.74 Å². The Hall–Kier alpha value is -0.980. The summed E-state index contributed by atoms with van der Waals surface area (Å²) in [7, 11) is 2.71. The number of rotatable bonds is 11. The third kappa shape index (κ3) is 6.66. The highest BCUT2D eigenvalue weighted by molar-refractivity contribution is 5.75. The number of aldehydes is 1. The van der Waals surface area contributed by atoms with Crippen LogP contribution >= 0.6 is 0 Å². The molecule has 112 valence electrons. The normalized spacial score (nSPS) is 15.6. The van der Waals surface area contributed by atoms with E-state index in [1.165, 1.54) is 14.2 Å². The molecule has 0 aliphatic rings. The first-order valence-corrected chi connectivity index (χ1v) is 6.41. The Labute approximate surface area is 114 Å². The van der Waals surface area contributed by atoms with Crippen molar-refractivity contribution < 1.29 is 28.5 Å². The smallest absolute Gasteiger partial charge is 0.337 e. The van der Waals surface area contributed by atoms with E-state index in [-0.39, 0.29) is 12.5 Å². The molecule has 6 nitrogen and oxygen atoms in total. The second-order valence-electron chi connectivity index (χ2n) is 3.89. The van der Waals surface area contributed by atoms with E-state index in [1.807, 2.05) is 13.8 Å². The molecule has 0 bridgehead atoms. The van der Waals surface area contributed by atoms with Crippen molar-refractivity contribution >= 4 is 12.3 Å². The summed E-state index contributed by atoms with van der Waals surface area (Å²) in [6.45, 7) is 4.60. The minimum Gasteiger partial charge on any atom is -0.467 e. The van der Waals surface area contributed by atoms with E-state index in [9.17, 15) is 9.59 Å². The molecule has 0 saturated heterocycles. The molecule has 0 aromatic carbocycles. The van der Waals surface area contributed by atoms with Crippen LogP contribution in [0.4, 0.5) is 0 Å². The van der Waals surface area contributed by atoms with Gasteiger partial charge in [-0.05, 0) is 13.8 Å². The molecule has 0 saturated carbocycles. The zero-order valence-electron chi connectivity index (χ0n) is 12.1. The minimum atomic E-state index is -0.820. The van der Waals surface area contributed by atoms with Crippen molar-refractivity contribution in [2.75, 3.05) is 27.4 Å². The number of methoxy groups -OCH3 is 2. The van der Waals surface area contributed by atoms with Crippen molar-refractivity contribution in [2.24, 2.45) is 0 Å². The van der Waals surface area contributed by atoms with Gasteiger partial charge in [0.1, 0.15) is 6.29 Å². The van der Waals surface area contributed by atoms with Crippen molar-refractivity contribution in [1.82, 2.24) is 0 Å². The molecular weight excluding hydrogens is 252 g/mol. The van der Waals surface area contributed by atoms with Crippen LogP contribution in [0.15, 0.2) is 0 Å². The molecule has 3 unspecified atom stereocenters. The molecule has 0 aromatic rings. The van der Waals surface area contributed by atoms with E-state index < -0.39 is 18.2 Å². The first-order chi connectivity index (χ1) is 9.14. The molecule has 0 amide bonds. The molecule has 0 aromatic heterocycles. The lowest BCUT2D eigenvalue weighted by Crippen LogP contribution is -2.41. The zero-order chi connectivity index (χ0) is 14.7. The van der Waals surface area contributed by atoms with Gasteiger partial charge in [0.25, 0.3) is 0 Å². The topological polar surface area (TPSA) is 71.1 Å². The summed E-state index contributed by atoms with van der Waals surface area (Å²) in [6.07, 6.45) is -0.161. The van der Waals surface area contributed by atoms with Crippen molar-refractivity contribution in [3.63, 3.8) is 0 Å². The molecule has 0 fully saturated rings. The fourth-order valence-corrected chi connectivity index (χ4v) is 1.84. The maximum atomic E-state index is 11.6. The van der Waals surface area contributed by atoms with E-state index >= 15 is 0 Å². The summed E-state index contributed by atoms with van der Waals surface area (Å²) >= 11 is 0. The molecule has 6 heteroatoms. The van der Waals surface area contributed by atoms with Gasteiger partial charge >= 0.3 is 5.97 Å².